The van der Waals surface area contributed by atoms with E-state index in [9.17, 15) is 0 Å². The lowest BCUT2D eigenvalue weighted by Gasteiger charge is -2.11. The first-order chi connectivity index (χ1) is 7.75. The normalized spacial score (nSPS) is 16.3. The van der Waals surface area contributed by atoms with Crippen LogP contribution in [0.15, 0.2) is 24.3 Å². The van der Waals surface area contributed by atoms with Gasteiger partial charge in [-0.15, -0.1) is 0 Å². The zero-order valence-electron chi connectivity index (χ0n) is 9.10. The number of imidazole rings is 1. The average Bonchev–Trinajstić information content (AvgIpc) is 2.83. The number of nitrogens with zero attached hydrogens (tertiary/aromatic N) is 2. The average molecular weight is 231 g/mol. The molecule has 0 atom stereocenters. The van der Waals surface area contributed by atoms with E-state index in [1.54, 1.807) is 0 Å². The number of aromatic amines is 1. The van der Waals surface area contributed by atoms with Crippen molar-refractivity contribution in [3.05, 3.63) is 34.7 Å². The van der Waals surface area contributed by atoms with E-state index in [1.165, 1.54) is 0 Å². The van der Waals surface area contributed by atoms with E-state index in [1.807, 2.05) is 19.1 Å². The van der Waals surface area contributed by atoms with E-state index in [0.717, 1.165) is 34.5 Å². The van der Waals surface area contributed by atoms with Gasteiger partial charge in [-0.25, -0.2) is 4.98 Å². The molecule has 1 aliphatic rings. The van der Waals surface area contributed by atoms with Crippen molar-refractivity contribution < 1.29 is 0 Å². The van der Waals surface area contributed by atoms with E-state index in [2.05, 4.69) is 26.7 Å². The van der Waals surface area contributed by atoms with Crippen LogP contribution in [0.5, 0.6) is 0 Å². The third-order valence-corrected chi connectivity index (χ3v) is 3.35. The van der Waals surface area contributed by atoms with Crippen molar-refractivity contribution in [2.24, 2.45) is 0 Å². The highest BCUT2D eigenvalue weighted by Gasteiger charge is 2.17. The molecule has 2 heterocycles. The first kappa shape index (κ1) is 9.78. The van der Waals surface area contributed by atoms with Gasteiger partial charge in [0.2, 0.25) is 0 Å². The molecule has 82 valence electrons. The van der Waals surface area contributed by atoms with Gasteiger partial charge in [-0.05, 0) is 44.1 Å². The molecular formula is C12H13N3S. The zero-order chi connectivity index (χ0) is 11.1. The Morgan fingerprint density at radius 3 is 2.88 bits per heavy atom. The van der Waals surface area contributed by atoms with Crippen LogP contribution in [0, 0.1) is 11.7 Å². The number of pyridine rings is 1. The summed E-state index contributed by atoms with van der Waals surface area (Å²) in [4.78, 5) is 7.80. The summed E-state index contributed by atoms with van der Waals surface area (Å²) >= 11 is 5.37. The predicted molar refractivity (Wildman–Crippen MR) is 67.1 cm³/mol. The highest BCUT2D eigenvalue weighted by atomic mass is 32.1. The van der Waals surface area contributed by atoms with Crippen LogP contribution in [0.1, 0.15) is 24.6 Å². The highest BCUT2D eigenvalue weighted by molar-refractivity contribution is 7.71. The van der Waals surface area contributed by atoms with Gasteiger partial charge in [0.25, 0.3) is 0 Å². The molecule has 3 rings (SSSR count). The second kappa shape index (κ2) is 3.56. The van der Waals surface area contributed by atoms with Gasteiger partial charge in [0.1, 0.15) is 0 Å². The monoisotopic (exact) mass is 231 g/mol. The molecule has 0 bridgehead atoms. The molecule has 1 N–H and O–H groups in total. The van der Waals surface area contributed by atoms with Crippen LogP contribution in [-0.2, 0) is 0 Å². The summed E-state index contributed by atoms with van der Waals surface area (Å²) in [5.74, 6) is 0. The molecule has 1 aliphatic carbocycles. The topological polar surface area (TPSA) is 33.6 Å². The van der Waals surface area contributed by atoms with Crippen molar-refractivity contribution in [3.63, 3.8) is 0 Å². The minimum absolute atomic E-state index is 0.440. The number of H-pyrrole nitrogens is 1. The number of rotatable bonds is 1. The Kier molecular flexibility index (Phi) is 2.17. The van der Waals surface area contributed by atoms with Crippen LogP contribution >= 0.6 is 12.2 Å². The second-order valence-corrected chi connectivity index (χ2v) is 4.61. The number of nitrogens with one attached hydrogen (secondary N) is 1. The van der Waals surface area contributed by atoms with E-state index in [4.69, 9.17) is 12.2 Å². The Hall–Kier alpha value is -1.42. The number of hydrogen-bond donors (Lipinski definition) is 1. The number of hydrogen-bond acceptors (Lipinski definition) is 2. The fourth-order valence-electron chi connectivity index (χ4n) is 2.25. The zero-order valence-corrected chi connectivity index (χ0v) is 9.92. The summed E-state index contributed by atoms with van der Waals surface area (Å²) in [7, 11) is 0. The predicted octanol–water partition coefficient (Wildman–Crippen LogP) is 3.29. The molecule has 0 amide bonds. The number of aromatic nitrogens is 3. The van der Waals surface area contributed by atoms with Gasteiger partial charge in [0.15, 0.2) is 10.4 Å². The molecule has 0 fully saturated rings. The van der Waals surface area contributed by atoms with Crippen LogP contribution in [0.2, 0.25) is 0 Å². The Labute approximate surface area is 98.8 Å². The first-order valence-electron chi connectivity index (χ1n) is 5.48. The van der Waals surface area contributed by atoms with Gasteiger partial charge in [-0.1, -0.05) is 12.2 Å². The van der Waals surface area contributed by atoms with Crippen molar-refractivity contribution in [2.75, 3.05) is 0 Å². The van der Waals surface area contributed by atoms with Crippen LogP contribution in [0.25, 0.3) is 11.2 Å². The molecule has 0 saturated carbocycles. The van der Waals surface area contributed by atoms with Gasteiger partial charge in [-0.2, -0.15) is 0 Å². The minimum Gasteiger partial charge on any atom is -0.329 e. The smallest absolute Gasteiger partial charge is 0.179 e. The maximum absolute atomic E-state index is 5.37. The lowest BCUT2D eigenvalue weighted by Crippen LogP contribution is -2.06. The largest absolute Gasteiger partial charge is 0.329 e. The molecular weight excluding hydrogens is 218 g/mol. The fourth-order valence-corrected chi connectivity index (χ4v) is 2.59. The van der Waals surface area contributed by atoms with Crippen molar-refractivity contribution in [3.8, 4) is 0 Å². The Morgan fingerprint density at radius 1 is 1.38 bits per heavy atom. The van der Waals surface area contributed by atoms with Gasteiger partial charge in [0.05, 0.1) is 5.52 Å². The molecule has 16 heavy (non-hydrogen) atoms. The number of fused-ring (bicyclic) bond motifs is 1. The lowest BCUT2D eigenvalue weighted by atomic mass is 10.2. The maximum atomic E-state index is 5.37. The summed E-state index contributed by atoms with van der Waals surface area (Å²) in [6.45, 7) is 2.01. The first-order valence-corrected chi connectivity index (χ1v) is 5.89. The van der Waals surface area contributed by atoms with Gasteiger partial charge in [0, 0.05) is 11.7 Å². The number of aryl methyl sites for hydroxylation is 1. The molecule has 0 saturated heterocycles. The molecule has 4 heteroatoms. The van der Waals surface area contributed by atoms with Crippen molar-refractivity contribution in [2.45, 2.75) is 25.8 Å². The third-order valence-electron chi connectivity index (χ3n) is 3.05. The van der Waals surface area contributed by atoms with Crippen LogP contribution in [0.3, 0.4) is 0 Å². The summed E-state index contributed by atoms with van der Waals surface area (Å²) in [6.07, 6.45) is 6.52. The Morgan fingerprint density at radius 2 is 2.12 bits per heavy atom. The van der Waals surface area contributed by atoms with Crippen molar-refractivity contribution >= 4 is 23.4 Å². The molecule has 2 aromatic rings. The quantitative estimate of drug-likeness (QED) is 0.603. The lowest BCUT2D eigenvalue weighted by molar-refractivity contribution is 0.540. The van der Waals surface area contributed by atoms with E-state index < -0.39 is 0 Å². The summed E-state index contributed by atoms with van der Waals surface area (Å²) in [6, 6.07) is 4.49. The second-order valence-electron chi connectivity index (χ2n) is 4.22. The molecule has 2 aromatic heterocycles. The molecule has 3 nitrogen and oxygen atoms in total. The molecule has 0 aromatic carbocycles. The SMILES string of the molecule is Cc1ccc2[nH]c(=S)n(C3CC=CC3)c2n1. The van der Waals surface area contributed by atoms with Crippen molar-refractivity contribution in [1.29, 1.82) is 0 Å². The van der Waals surface area contributed by atoms with Crippen LogP contribution in [0.4, 0.5) is 0 Å². The summed E-state index contributed by atoms with van der Waals surface area (Å²) in [5.41, 5.74) is 3.04. The standard InChI is InChI=1S/C12H13N3S/c1-8-6-7-10-11(13-8)15(12(16)14-10)9-4-2-3-5-9/h2-3,6-7,9H,4-5H2,1H3,(H,14,16). The molecule has 0 spiro atoms. The van der Waals surface area contributed by atoms with E-state index in [-0.39, 0.29) is 0 Å². The van der Waals surface area contributed by atoms with E-state index in [0.29, 0.717) is 6.04 Å². The molecule has 0 radical (unpaired) electrons. The van der Waals surface area contributed by atoms with Crippen LogP contribution in [-0.4, -0.2) is 14.5 Å². The molecule has 0 aliphatic heterocycles. The Balaban J connectivity index is 2.25. The van der Waals surface area contributed by atoms with Gasteiger partial charge in [-0.3, -0.25) is 4.57 Å². The summed E-state index contributed by atoms with van der Waals surface area (Å²) in [5, 5.41) is 0. The van der Waals surface area contributed by atoms with Crippen molar-refractivity contribution in [1.82, 2.24) is 14.5 Å². The van der Waals surface area contributed by atoms with Crippen LogP contribution < -0.4 is 0 Å². The Bertz CT molecular complexity index is 613. The number of allylic oxidation sites excluding steroid dienone is 2. The maximum Gasteiger partial charge on any atom is 0.179 e. The van der Waals surface area contributed by atoms with Gasteiger partial charge >= 0.3 is 0 Å². The van der Waals surface area contributed by atoms with Gasteiger partial charge < -0.3 is 4.98 Å². The fraction of sp³-hybridized carbons (Fsp3) is 0.333. The van der Waals surface area contributed by atoms with E-state index >= 15 is 0 Å². The molecule has 0 unspecified atom stereocenters. The third kappa shape index (κ3) is 1.41. The minimum atomic E-state index is 0.440. The summed E-state index contributed by atoms with van der Waals surface area (Å²) < 4.78 is 2.93. The highest BCUT2D eigenvalue weighted by Crippen LogP contribution is 2.27.